The Morgan fingerprint density at radius 1 is 1.36 bits per heavy atom. The zero-order valence-corrected chi connectivity index (χ0v) is 9.26. The molecule has 0 amide bonds. The summed E-state index contributed by atoms with van der Waals surface area (Å²) >= 11 is 0. The lowest BCUT2D eigenvalue weighted by atomic mass is 10.3. The molecule has 0 saturated heterocycles. The maximum atomic E-state index is 11.1. The molecule has 0 aromatic heterocycles. The number of benzene rings is 1. The number of hydrogen-bond donors (Lipinski definition) is 0. The molecule has 1 radical (unpaired) electrons. The summed E-state index contributed by atoms with van der Waals surface area (Å²) < 4.78 is 27.5. The molecule has 0 aliphatic rings. The molecule has 1 aromatic carbocycles. The first-order valence-electron chi connectivity index (χ1n) is 4.28. The molecule has 1 rings (SSSR count). The standard InChI is InChI=1S/C10H13O3S/c1-8(2)13-9-4-6-10(7-5-9)14(3,11)12/h4,6-8H,1-3H3. The van der Waals surface area contributed by atoms with E-state index >= 15 is 0 Å². The van der Waals surface area contributed by atoms with E-state index < -0.39 is 9.84 Å². The molecule has 0 N–H and O–H groups in total. The quantitative estimate of drug-likeness (QED) is 0.767. The van der Waals surface area contributed by atoms with Crippen molar-refractivity contribution in [2.75, 3.05) is 6.26 Å². The van der Waals surface area contributed by atoms with Gasteiger partial charge in [0, 0.05) is 12.3 Å². The number of ether oxygens (including phenoxy) is 1. The van der Waals surface area contributed by atoms with Crippen molar-refractivity contribution >= 4 is 9.84 Å². The third kappa shape index (κ3) is 3.03. The Kier molecular flexibility index (Phi) is 3.16. The summed E-state index contributed by atoms with van der Waals surface area (Å²) in [7, 11) is -3.13. The topological polar surface area (TPSA) is 43.4 Å². The first-order chi connectivity index (χ1) is 6.39. The lowest BCUT2D eigenvalue weighted by Gasteiger charge is -2.08. The average Bonchev–Trinajstić information content (AvgIpc) is 2.02. The Morgan fingerprint density at radius 2 is 2.00 bits per heavy atom. The van der Waals surface area contributed by atoms with Gasteiger partial charge in [-0.05, 0) is 32.0 Å². The van der Waals surface area contributed by atoms with E-state index in [0.717, 1.165) is 0 Å². The average molecular weight is 213 g/mol. The van der Waals surface area contributed by atoms with Crippen molar-refractivity contribution in [2.24, 2.45) is 0 Å². The zero-order valence-electron chi connectivity index (χ0n) is 8.44. The van der Waals surface area contributed by atoms with E-state index in [1.807, 2.05) is 13.8 Å². The van der Waals surface area contributed by atoms with Crippen molar-refractivity contribution in [1.82, 2.24) is 0 Å². The van der Waals surface area contributed by atoms with Gasteiger partial charge >= 0.3 is 0 Å². The second-order valence-corrected chi connectivity index (χ2v) is 5.34. The van der Waals surface area contributed by atoms with Crippen LogP contribution in [0.15, 0.2) is 23.1 Å². The van der Waals surface area contributed by atoms with Gasteiger partial charge in [-0.15, -0.1) is 0 Å². The van der Waals surface area contributed by atoms with Crippen LogP contribution < -0.4 is 4.74 Å². The SMILES string of the molecule is CC(C)Oc1[c]cc(S(C)(=O)=O)cc1. The first-order valence-corrected chi connectivity index (χ1v) is 6.17. The van der Waals surface area contributed by atoms with E-state index in [1.54, 1.807) is 6.07 Å². The zero-order chi connectivity index (χ0) is 10.8. The third-order valence-electron chi connectivity index (χ3n) is 1.55. The molecule has 0 aliphatic heterocycles. The molecule has 4 heteroatoms. The van der Waals surface area contributed by atoms with Crippen molar-refractivity contribution in [1.29, 1.82) is 0 Å². The van der Waals surface area contributed by atoms with E-state index in [1.165, 1.54) is 18.4 Å². The summed E-state index contributed by atoms with van der Waals surface area (Å²) in [5.74, 6) is 0.562. The second kappa shape index (κ2) is 4.00. The monoisotopic (exact) mass is 213 g/mol. The molecule has 0 atom stereocenters. The Hall–Kier alpha value is -1.03. The van der Waals surface area contributed by atoms with Crippen LogP contribution in [0, 0.1) is 6.07 Å². The number of sulfone groups is 1. The van der Waals surface area contributed by atoms with Crippen molar-refractivity contribution in [3.05, 3.63) is 24.3 Å². The molecule has 0 heterocycles. The van der Waals surface area contributed by atoms with E-state index in [9.17, 15) is 8.42 Å². The molecule has 14 heavy (non-hydrogen) atoms. The summed E-state index contributed by atoms with van der Waals surface area (Å²) in [6, 6.07) is 7.32. The molecule has 0 bridgehead atoms. The normalized spacial score (nSPS) is 11.7. The van der Waals surface area contributed by atoms with Gasteiger partial charge in [-0.2, -0.15) is 0 Å². The van der Waals surface area contributed by atoms with Gasteiger partial charge in [-0.1, -0.05) is 0 Å². The second-order valence-electron chi connectivity index (χ2n) is 3.33. The maximum Gasteiger partial charge on any atom is 0.175 e. The fourth-order valence-electron chi connectivity index (χ4n) is 0.954. The fourth-order valence-corrected chi connectivity index (χ4v) is 1.54. The van der Waals surface area contributed by atoms with Gasteiger partial charge in [-0.25, -0.2) is 8.42 Å². The van der Waals surface area contributed by atoms with E-state index in [0.29, 0.717) is 5.75 Å². The van der Waals surface area contributed by atoms with Crippen LogP contribution in [0.5, 0.6) is 5.75 Å². The molecule has 1 aromatic rings. The van der Waals surface area contributed by atoms with Crippen LogP contribution in [-0.2, 0) is 9.84 Å². The van der Waals surface area contributed by atoms with Gasteiger partial charge in [0.15, 0.2) is 9.84 Å². The molecule has 0 fully saturated rings. The molecule has 77 valence electrons. The van der Waals surface area contributed by atoms with Crippen molar-refractivity contribution in [3.63, 3.8) is 0 Å². The molecule has 0 spiro atoms. The molecule has 0 unspecified atom stereocenters. The third-order valence-corrected chi connectivity index (χ3v) is 2.66. The minimum Gasteiger partial charge on any atom is -0.490 e. The largest absolute Gasteiger partial charge is 0.490 e. The lowest BCUT2D eigenvalue weighted by molar-refractivity contribution is 0.241. The fraction of sp³-hybridized carbons (Fsp3) is 0.400. The Morgan fingerprint density at radius 3 is 2.36 bits per heavy atom. The lowest BCUT2D eigenvalue weighted by Crippen LogP contribution is -2.05. The smallest absolute Gasteiger partial charge is 0.175 e. The predicted molar refractivity (Wildman–Crippen MR) is 54.2 cm³/mol. The number of hydrogen-bond acceptors (Lipinski definition) is 3. The summed E-state index contributed by atoms with van der Waals surface area (Å²) in [6.45, 7) is 3.80. The van der Waals surface area contributed by atoms with Crippen LogP contribution in [0.25, 0.3) is 0 Å². The Labute approximate surface area is 84.6 Å². The highest BCUT2D eigenvalue weighted by atomic mass is 32.2. The van der Waals surface area contributed by atoms with Crippen LogP contribution in [-0.4, -0.2) is 20.8 Å². The van der Waals surface area contributed by atoms with Crippen molar-refractivity contribution < 1.29 is 13.2 Å². The van der Waals surface area contributed by atoms with Crippen molar-refractivity contribution in [2.45, 2.75) is 24.8 Å². The van der Waals surface area contributed by atoms with Gasteiger partial charge in [-0.3, -0.25) is 0 Å². The highest BCUT2D eigenvalue weighted by Gasteiger charge is 2.06. The summed E-state index contributed by atoms with van der Waals surface area (Å²) in [5.41, 5.74) is 0. The Bertz CT molecular complexity index is 390. The van der Waals surface area contributed by atoms with E-state index in [2.05, 4.69) is 6.07 Å². The van der Waals surface area contributed by atoms with Gasteiger partial charge in [0.25, 0.3) is 0 Å². The summed E-state index contributed by atoms with van der Waals surface area (Å²) in [4.78, 5) is 0.258. The predicted octanol–water partition coefficient (Wildman–Crippen LogP) is 1.68. The van der Waals surface area contributed by atoms with Crippen LogP contribution in [0.1, 0.15) is 13.8 Å². The van der Waals surface area contributed by atoms with Gasteiger partial charge < -0.3 is 4.74 Å². The summed E-state index contributed by atoms with van der Waals surface area (Å²) in [6.07, 6.45) is 1.23. The van der Waals surface area contributed by atoms with Crippen LogP contribution >= 0.6 is 0 Å². The van der Waals surface area contributed by atoms with Crippen LogP contribution in [0.3, 0.4) is 0 Å². The van der Waals surface area contributed by atoms with Gasteiger partial charge in [0.1, 0.15) is 5.75 Å². The first kappa shape index (κ1) is 11.0. The molecule has 3 nitrogen and oxygen atoms in total. The molecule has 0 saturated carbocycles. The highest BCUT2D eigenvalue weighted by molar-refractivity contribution is 7.90. The van der Waals surface area contributed by atoms with Crippen molar-refractivity contribution in [3.8, 4) is 5.75 Å². The Balaban J connectivity index is 2.90. The highest BCUT2D eigenvalue weighted by Crippen LogP contribution is 2.15. The molecule has 0 aliphatic carbocycles. The minimum absolute atomic E-state index is 0.0651. The van der Waals surface area contributed by atoms with Crippen LogP contribution in [0.2, 0.25) is 0 Å². The van der Waals surface area contributed by atoms with E-state index in [4.69, 9.17) is 4.74 Å². The minimum atomic E-state index is -3.13. The number of rotatable bonds is 3. The summed E-state index contributed by atoms with van der Waals surface area (Å²) in [5, 5.41) is 0. The molecular weight excluding hydrogens is 200 g/mol. The molecular formula is C10H13O3S. The van der Waals surface area contributed by atoms with Gasteiger partial charge in [0.2, 0.25) is 0 Å². The maximum absolute atomic E-state index is 11.1. The van der Waals surface area contributed by atoms with Gasteiger partial charge in [0.05, 0.1) is 11.0 Å². The van der Waals surface area contributed by atoms with Crippen LogP contribution in [0.4, 0.5) is 0 Å². The van der Waals surface area contributed by atoms with E-state index in [-0.39, 0.29) is 11.0 Å².